The average molecular weight is 267 g/mol. The summed E-state index contributed by atoms with van der Waals surface area (Å²) in [6, 6.07) is 2.12. The molecular weight excluding hydrogens is 242 g/mol. The van der Waals surface area contributed by atoms with Gasteiger partial charge in [-0.25, -0.2) is 0 Å². The van der Waals surface area contributed by atoms with E-state index in [9.17, 15) is 4.79 Å². The van der Waals surface area contributed by atoms with Crippen molar-refractivity contribution in [3.63, 3.8) is 0 Å². The van der Waals surface area contributed by atoms with E-state index < -0.39 is 11.5 Å². The molecular formula is C14H25N3O2. The summed E-state index contributed by atoms with van der Waals surface area (Å²) in [5, 5.41) is 13.6. The number of carbonyl (C=O) groups is 1. The summed E-state index contributed by atoms with van der Waals surface area (Å²) in [6.45, 7) is 6.73. The van der Waals surface area contributed by atoms with E-state index in [1.54, 1.807) is 0 Å². The summed E-state index contributed by atoms with van der Waals surface area (Å²) in [5.74, 6) is -0.916. The fourth-order valence-corrected chi connectivity index (χ4v) is 2.15. The molecule has 5 nitrogen and oxygen atoms in total. The summed E-state index contributed by atoms with van der Waals surface area (Å²) in [7, 11) is 0. The van der Waals surface area contributed by atoms with Gasteiger partial charge in [0.25, 0.3) is 0 Å². The summed E-state index contributed by atoms with van der Waals surface area (Å²) >= 11 is 0. The lowest BCUT2D eigenvalue weighted by Crippen LogP contribution is -2.47. The van der Waals surface area contributed by atoms with Crippen molar-refractivity contribution in [3.05, 3.63) is 17.5 Å². The Morgan fingerprint density at radius 3 is 2.58 bits per heavy atom. The molecule has 0 aliphatic rings. The molecule has 1 atom stereocenters. The summed E-state index contributed by atoms with van der Waals surface area (Å²) in [4.78, 5) is 11.1. The van der Waals surface area contributed by atoms with Crippen LogP contribution in [-0.2, 0) is 24.2 Å². The Kier molecular flexibility index (Phi) is 5.54. The Bertz CT molecular complexity index is 428. The van der Waals surface area contributed by atoms with Crippen LogP contribution in [0, 0.1) is 0 Å². The number of carboxylic acid groups (broad SMARTS) is 1. The molecule has 108 valence electrons. The first-order valence-electron chi connectivity index (χ1n) is 7.04. The van der Waals surface area contributed by atoms with Gasteiger partial charge in [0.15, 0.2) is 0 Å². The minimum atomic E-state index is -1.10. The molecule has 0 saturated carbocycles. The zero-order chi connectivity index (χ0) is 14.5. The topological polar surface area (TPSA) is 81.1 Å². The monoisotopic (exact) mass is 267 g/mol. The number of nitrogens with zero attached hydrogens (tertiary/aromatic N) is 2. The van der Waals surface area contributed by atoms with Gasteiger partial charge in [-0.15, -0.1) is 0 Å². The van der Waals surface area contributed by atoms with Crippen LogP contribution in [0.1, 0.15) is 51.4 Å². The van der Waals surface area contributed by atoms with Crippen LogP contribution in [0.3, 0.4) is 0 Å². The molecule has 1 unspecified atom stereocenters. The number of aryl methyl sites for hydroxylation is 3. The number of hydrogen-bond acceptors (Lipinski definition) is 3. The quantitative estimate of drug-likeness (QED) is 0.754. The lowest BCUT2D eigenvalue weighted by atomic mass is 9.92. The third-order valence-corrected chi connectivity index (χ3v) is 3.69. The fraction of sp³-hybridized carbons (Fsp3) is 0.714. The first-order valence-corrected chi connectivity index (χ1v) is 7.04. The Morgan fingerprint density at radius 1 is 1.42 bits per heavy atom. The molecule has 0 aliphatic heterocycles. The molecule has 1 rings (SSSR count). The number of rotatable bonds is 8. The molecule has 0 bridgehead atoms. The van der Waals surface area contributed by atoms with E-state index >= 15 is 0 Å². The van der Waals surface area contributed by atoms with Crippen LogP contribution in [0.5, 0.6) is 0 Å². The molecule has 0 amide bonds. The Balaban J connectivity index is 2.62. The largest absolute Gasteiger partial charge is 0.480 e. The normalized spacial score (nSPS) is 14.3. The van der Waals surface area contributed by atoms with E-state index in [1.165, 1.54) is 5.69 Å². The second kappa shape index (κ2) is 6.70. The number of aliphatic carboxylic acids is 1. The SMILES string of the molecule is CCc1cc(CC)n(CCCC(N)(CC)C(=O)O)n1. The standard InChI is InChI=1S/C14H25N3O2/c1-4-11-10-12(5-2)17(16-11)9-7-8-14(15,6-3)13(18)19/h10H,4-9,15H2,1-3H3,(H,18,19). The van der Waals surface area contributed by atoms with Crippen molar-refractivity contribution in [2.24, 2.45) is 5.73 Å². The van der Waals surface area contributed by atoms with Gasteiger partial charge in [-0.2, -0.15) is 5.10 Å². The van der Waals surface area contributed by atoms with Crippen LogP contribution in [0.25, 0.3) is 0 Å². The lowest BCUT2D eigenvalue weighted by Gasteiger charge is -2.22. The third kappa shape index (κ3) is 3.80. The number of aromatic nitrogens is 2. The van der Waals surface area contributed by atoms with Gasteiger partial charge in [-0.3, -0.25) is 9.48 Å². The van der Waals surface area contributed by atoms with Crippen LogP contribution >= 0.6 is 0 Å². The van der Waals surface area contributed by atoms with Gasteiger partial charge in [0, 0.05) is 12.2 Å². The molecule has 0 spiro atoms. The Hall–Kier alpha value is -1.36. The molecule has 19 heavy (non-hydrogen) atoms. The minimum absolute atomic E-state index is 0.447. The highest BCUT2D eigenvalue weighted by Gasteiger charge is 2.31. The average Bonchev–Trinajstić information content (AvgIpc) is 2.80. The van der Waals surface area contributed by atoms with Crippen LogP contribution in [0.15, 0.2) is 6.07 Å². The lowest BCUT2D eigenvalue weighted by molar-refractivity contribution is -0.143. The molecule has 0 fully saturated rings. The van der Waals surface area contributed by atoms with Crippen LogP contribution in [0.2, 0.25) is 0 Å². The van der Waals surface area contributed by atoms with E-state index in [0.29, 0.717) is 12.8 Å². The molecule has 0 radical (unpaired) electrons. The first-order chi connectivity index (χ1) is 8.96. The highest BCUT2D eigenvalue weighted by molar-refractivity contribution is 5.78. The predicted molar refractivity (Wildman–Crippen MR) is 75.1 cm³/mol. The Labute approximate surface area is 114 Å². The maximum Gasteiger partial charge on any atom is 0.323 e. The molecule has 3 N–H and O–H groups in total. The molecule has 5 heteroatoms. The fourth-order valence-electron chi connectivity index (χ4n) is 2.15. The molecule has 0 aliphatic carbocycles. The van der Waals surface area contributed by atoms with E-state index in [0.717, 1.165) is 31.5 Å². The molecule has 0 saturated heterocycles. The minimum Gasteiger partial charge on any atom is -0.480 e. The third-order valence-electron chi connectivity index (χ3n) is 3.69. The van der Waals surface area contributed by atoms with Crippen molar-refractivity contribution in [1.29, 1.82) is 0 Å². The van der Waals surface area contributed by atoms with Crippen molar-refractivity contribution >= 4 is 5.97 Å². The van der Waals surface area contributed by atoms with Gasteiger partial charge in [-0.05, 0) is 38.2 Å². The van der Waals surface area contributed by atoms with E-state index in [1.807, 2.05) is 11.6 Å². The van der Waals surface area contributed by atoms with Crippen molar-refractivity contribution in [3.8, 4) is 0 Å². The van der Waals surface area contributed by atoms with Gasteiger partial charge < -0.3 is 10.8 Å². The van der Waals surface area contributed by atoms with Crippen LogP contribution < -0.4 is 5.73 Å². The number of hydrogen-bond donors (Lipinski definition) is 2. The maximum atomic E-state index is 11.1. The van der Waals surface area contributed by atoms with Crippen molar-refractivity contribution < 1.29 is 9.90 Å². The van der Waals surface area contributed by atoms with Crippen LogP contribution in [-0.4, -0.2) is 26.4 Å². The zero-order valence-electron chi connectivity index (χ0n) is 12.1. The maximum absolute atomic E-state index is 11.1. The number of nitrogens with two attached hydrogens (primary N) is 1. The number of carboxylic acids is 1. The van der Waals surface area contributed by atoms with Crippen LogP contribution in [0.4, 0.5) is 0 Å². The first kappa shape index (κ1) is 15.7. The summed E-state index contributed by atoms with van der Waals surface area (Å²) in [6.07, 6.45) is 3.51. The van der Waals surface area contributed by atoms with E-state index in [-0.39, 0.29) is 0 Å². The Morgan fingerprint density at radius 2 is 2.11 bits per heavy atom. The highest BCUT2D eigenvalue weighted by Crippen LogP contribution is 2.16. The van der Waals surface area contributed by atoms with Gasteiger partial charge in [0.1, 0.15) is 5.54 Å². The van der Waals surface area contributed by atoms with Gasteiger partial charge in [0.2, 0.25) is 0 Å². The zero-order valence-corrected chi connectivity index (χ0v) is 12.1. The second-order valence-electron chi connectivity index (χ2n) is 4.98. The highest BCUT2D eigenvalue weighted by atomic mass is 16.4. The van der Waals surface area contributed by atoms with Gasteiger partial charge in [-0.1, -0.05) is 20.8 Å². The smallest absolute Gasteiger partial charge is 0.323 e. The van der Waals surface area contributed by atoms with Gasteiger partial charge in [0.05, 0.1) is 5.69 Å². The summed E-state index contributed by atoms with van der Waals surface area (Å²) < 4.78 is 1.98. The molecule has 1 aromatic rings. The second-order valence-corrected chi connectivity index (χ2v) is 4.98. The van der Waals surface area contributed by atoms with Gasteiger partial charge >= 0.3 is 5.97 Å². The van der Waals surface area contributed by atoms with E-state index in [4.69, 9.17) is 10.8 Å². The van der Waals surface area contributed by atoms with Crippen molar-refractivity contribution in [1.82, 2.24) is 9.78 Å². The summed E-state index contributed by atoms with van der Waals surface area (Å²) in [5.41, 5.74) is 7.06. The molecule has 1 heterocycles. The molecule has 0 aromatic carbocycles. The molecule has 1 aromatic heterocycles. The van der Waals surface area contributed by atoms with Crippen molar-refractivity contribution in [2.45, 2.75) is 65.0 Å². The predicted octanol–water partition coefficient (Wildman–Crippen LogP) is 1.98. The van der Waals surface area contributed by atoms with Crippen molar-refractivity contribution in [2.75, 3.05) is 0 Å². The van der Waals surface area contributed by atoms with E-state index in [2.05, 4.69) is 25.0 Å².